The van der Waals surface area contributed by atoms with Crippen molar-refractivity contribution >= 4 is 37.1 Å². The lowest BCUT2D eigenvalue weighted by Gasteiger charge is -2.30. The van der Waals surface area contributed by atoms with Crippen LogP contribution in [0.15, 0.2) is 58.1 Å². The molecule has 0 saturated heterocycles. The summed E-state index contributed by atoms with van der Waals surface area (Å²) in [5.41, 5.74) is -1.88. The summed E-state index contributed by atoms with van der Waals surface area (Å²) in [5, 5.41) is 3.17. The Kier molecular flexibility index (Phi) is 12.8. The van der Waals surface area contributed by atoms with Gasteiger partial charge in [0.2, 0.25) is 0 Å². The van der Waals surface area contributed by atoms with E-state index in [1.165, 1.54) is 39.3 Å². The van der Waals surface area contributed by atoms with Gasteiger partial charge in [-0.3, -0.25) is 4.57 Å². The van der Waals surface area contributed by atoms with Crippen molar-refractivity contribution in [2.45, 2.75) is 67.6 Å². The second kappa shape index (κ2) is 15.0. The minimum atomic E-state index is -4.52. The van der Waals surface area contributed by atoms with E-state index in [4.69, 9.17) is 34.9 Å². The van der Waals surface area contributed by atoms with E-state index in [-0.39, 0.29) is 17.4 Å². The molecule has 42 heavy (non-hydrogen) atoms. The van der Waals surface area contributed by atoms with Crippen molar-refractivity contribution < 1.29 is 45.8 Å². The molecule has 2 aromatic rings. The van der Waals surface area contributed by atoms with Gasteiger partial charge in [-0.2, -0.15) is 13.2 Å². The number of benzene rings is 2. The van der Waals surface area contributed by atoms with Crippen LogP contribution in [-0.4, -0.2) is 45.4 Å². The van der Waals surface area contributed by atoms with Crippen molar-refractivity contribution in [2.24, 2.45) is 0 Å². The van der Waals surface area contributed by atoms with Gasteiger partial charge < -0.3 is 28.6 Å². The predicted molar refractivity (Wildman–Crippen MR) is 156 cm³/mol. The van der Waals surface area contributed by atoms with Crippen molar-refractivity contribution in [3.05, 3.63) is 64.4 Å². The minimum Gasteiger partial charge on any atom is -0.466 e. The van der Waals surface area contributed by atoms with Crippen LogP contribution in [0.3, 0.4) is 0 Å². The molecule has 1 atom stereocenters. The molecule has 0 bridgehead atoms. The van der Waals surface area contributed by atoms with Crippen molar-refractivity contribution in [3.8, 4) is 5.75 Å². The van der Waals surface area contributed by atoms with Crippen LogP contribution in [-0.2, 0) is 35.7 Å². The Balaban J connectivity index is 2.30. The SMILES string of the molecule is COCOc1ccc(C(F)(F)F)cc1Sc1ccc(CC[C@@](C)(/C=C/P(=O)(OC)OC)NC(=O)OC(C)(C)C)c(Cl)c1. The molecule has 1 amide bonds. The average molecular weight is 654 g/mol. The summed E-state index contributed by atoms with van der Waals surface area (Å²) in [7, 11) is 0.384. The lowest BCUT2D eigenvalue weighted by atomic mass is 9.93. The molecule has 234 valence electrons. The molecule has 14 heteroatoms. The second-order valence-corrected chi connectivity index (χ2v) is 14.0. The molecule has 0 aliphatic rings. The first kappa shape index (κ1) is 36.0. The highest BCUT2D eigenvalue weighted by atomic mass is 35.5. The first-order valence-corrected chi connectivity index (χ1v) is 15.5. The van der Waals surface area contributed by atoms with Gasteiger partial charge in [0.15, 0.2) is 6.79 Å². The Morgan fingerprint density at radius 3 is 2.26 bits per heavy atom. The zero-order valence-corrected chi connectivity index (χ0v) is 26.9. The van der Waals surface area contributed by atoms with Gasteiger partial charge in [0, 0.05) is 37.1 Å². The van der Waals surface area contributed by atoms with E-state index in [1.54, 1.807) is 45.9 Å². The Morgan fingerprint density at radius 2 is 1.71 bits per heavy atom. The van der Waals surface area contributed by atoms with Crippen LogP contribution >= 0.6 is 31.0 Å². The quantitative estimate of drug-likeness (QED) is 0.170. The molecule has 0 aliphatic heterocycles. The van der Waals surface area contributed by atoms with Crippen LogP contribution in [0.1, 0.15) is 45.2 Å². The van der Waals surface area contributed by atoms with Crippen LogP contribution in [0.4, 0.5) is 18.0 Å². The van der Waals surface area contributed by atoms with Crippen molar-refractivity contribution in [1.29, 1.82) is 0 Å². The van der Waals surface area contributed by atoms with Gasteiger partial charge in [0.05, 0.1) is 16.0 Å². The third-order valence-corrected chi connectivity index (χ3v) is 8.60. The second-order valence-electron chi connectivity index (χ2n) is 10.3. The monoisotopic (exact) mass is 653 g/mol. The topological polar surface area (TPSA) is 92.3 Å². The normalized spacial score (nSPS) is 14.1. The first-order chi connectivity index (χ1) is 19.4. The van der Waals surface area contributed by atoms with Crippen LogP contribution in [0.5, 0.6) is 5.75 Å². The molecule has 0 spiro atoms. The van der Waals surface area contributed by atoms with E-state index in [9.17, 15) is 22.5 Å². The fourth-order valence-electron chi connectivity index (χ4n) is 3.50. The standard InChI is InChI=1S/C28H36ClF3NO7PS/c1-26(2,3)40-25(34)33-27(4,14-15-41(35,37-6)38-7)13-12-19-8-10-21(17-22(19)29)42-24-16-20(28(30,31)32)9-11-23(24)39-18-36-5/h8-11,14-17H,12-13,18H2,1-7H3,(H,33,34)/b15-14+/t27-/m0/s1. The summed E-state index contributed by atoms with van der Waals surface area (Å²) in [6.07, 6.45) is -2.99. The summed E-state index contributed by atoms with van der Waals surface area (Å²) < 4.78 is 78.3. The largest absolute Gasteiger partial charge is 0.466 e. The number of carbonyl (C=O) groups excluding carboxylic acids is 1. The van der Waals surface area contributed by atoms with Crippen molar-refractivity contribution in [2.75, 3.05) is 28.1 Å². The molecular formula is C28H36ClF3NO7PS. The van der Waals surface area contributed by atoms with E-state index in [0.717, 1.165) is 23.9 Å². The van der Waals surface area contributed by atoms with Gasteiger partial charge in [-0.05, 0) is 76.4 Å². The molecule has 0 radical (unpaired) electrons. The molecule has 2 aromatic carbocycles. The fraction of sp³-hybridized carbons (Fsp3) is 0.464. The van der Waals surface area contributed by atoms with E-state index in [1.807, 2.05) is 0 Å². The predicted octanol–water partition coefficient (Wildman–Crippen LogP) is 8.71. The molecule has 1 N–H and O–H groups in total. The summed E-state index contributed by atoms with van der Waals surface area (Å²) >= 11 is 7.64. The van der Waals surface area contributed by atoms with Gasteiger partial charge in [0.1, 0.15) is 11.4 Å². The Morgan fingerprint density at radius 1 is 1.05 bits per heavy atom. The summed E-state index contributed by atoms with van der Waals surface area (Å²) in [6, 6.07) is 8.32. The van der Waals surface area contributed by atoms with Crippen LogP contribution in [0, 0.1) is 0 Å². The number of hydrogen-bond acceptors (Lipinski definition) is 8. The Hall–Kier alpha value is -2.21. The lowest BCUT2D eigenvalue weighted by Crippen LogP contribution is -2.47. The Labute approximate surface area is 253 Å². The molecule has 0 saturated carbocycles. The highest BCUT2D eigenvalue weighted by molar-refractivity contribution is 7.99. The summed E-state index contributed by atoms with van der Waals surface area (Å²) in [4.78, 5) is 13.4. The molecule has 2 rings (SSSR count). The van der Waals surface area contributed by atoms with Crippen LogP contribution < -0.4 is 10.1 Å². The first-order valence-electron chi connectivity index (χ1n) is 12.6. The number of nitrogens with one attached hydrogen (secondary N) is 1. The van der Waals surface area contributed by atoms with E-state index in [0.29, 0.717) is 28.3 Å². The molecular weight excluding hydrogens is 618 g/mol. The Bertz CT molecular complexity index is 1300. The summed E-state index contributed by atoms with van der Waals surface area (Å²) in [5.74, 6) is 1.50. The third kappa shape index (κ3) is 11.5. The van der Waals surface area contributed by atoms with E-state index < -0.39 is 36.6 Å². The summed E-state index contributed by atoms with van der Waals surface area (Å²) in [6.45, 7) is 6.78. The molecule has 0 aliphatic carbocycles. The number of methoxy groups -OCH3 is 1. The maximum absolute atomic E-state index is 13.3. The number of aryl methyl sites for hydroxylation is 1. The van der Waals surface area contributed by atoms with E-state index >= 15 is 0 Å². The number of alkyl halides is 3. The van der Waals surface area contributed by atoms with Crippen LogP contribution in [0.25, 0.3) is 0 Å². The zero-order chi connectivity index (χ0) is 31.8. The maximum atomic E-state index is 13.3. The zero-order valence-electron chi connectivity index (χ0n) is 24.5. The number of carbonyl (C=O) groups is 1. The van der Waals surface area contributed by atoms with Gasteiger partial charge in [-0.15, -0.1) is 0 Å². The number of rotatable bonds is 13. The molecule has 0 aromatic heterocycles. The number of ether oxygens (including phenoxy) is 3. The highest BCUT2D eigenvalue weighted by Gasteiger charge is 2.32. The van der Waals surface area contributed by atoms with Crippen molar-refractivity contribution in [1.82, 2.24) is 5.32 Å². The van der Waals surface area contributed by atoms with Gasteiger partial charge in [0.25, 0.3) is 0 Å². The van der Waals surface area contributed by atoms with Crippen LogP contribution in [0.2, 0.25) is 5.02 Å². The lowest BCUT2D eigenvalue weighted by molar-refractivity contribution is -0.137. The average Bonchev–Trinajstić information content (AvgIpc) is 2.89. The van der Waals surface area contributed by atoms with Gasteiger partial charge in [-0.1, -0.05) is 35.5 Å². The smallest absolute Gasteiger partial charge is 0.416 e. The molecule has 8 nitrogen and oxygen atoms in total. The van der Waals surface area contributed by atoms with Gasteiger partial charge >= 0.3 is 19.9 Å². The molecule has 0 fully saturated rings. The minimum absolute atomic E-state index is 0.132. The maximum Gasteiger partial charge on any atom is 0.416 e. The molecule has 0 heterocycles. The number of hydrogen-bond donors (Lipinski definition) is 1. The van der Waals surface area contributed by atoms with E-state index in [2.05, 4.69) is 5.32 Å². The van der Waals surface area contributed by atoms with Crippen molar-refractivity contribution in [3.63, 3.8) is 0 Å². The van der Waals surface area contributed by atoms with Gasteiger partial charge in [-0.25, -0.2) is 4.79 Å². The molecule has 0 unspecified atom stereocenters. The highest BCUT2D eigenvalue weighted by Crippen LogP contribution is 2.48. The number of amides is 1. The number of alkyl carbamates (subject to hydrolysis) is 1. The third-order valence-electron chi connectivity index (χ3n) is 5.69. The number of halogens is 4. The fourth-order valence-corrected chi connectivity index (χ4v) is 5.72.